The van der Waals surface area contributed by atoms with Crippen molar-refractivity contribution in [1.29, 1.82) is 0 Å². The largest absolute Gasteiger partial charge is 0.506 e. The molecular weight excluding hydrogens is 910 g/mol. The maximum absolute atomic E-state index is 14.3. The summed E-state index contributed by atoms with van der Waals surface area (Å²) in [4.78, 5) is 92.7. The number of hydrogen-bond acceptors (Lipinski definition) is 14. The van der Waals surface area contributed by atoms with E-state index in [-0.39, 0.29) is 35.7 Å². The molecular formula is C46H60ClN7O14. The molecule has 7 amide bonds. The van der Waals surface area contributed by atoms with Crippen LogP contribution in [0.15, 0.2) is 54.1 Å². The van der Waals surface area contributed by atoms with Gasteiger partial charge in [-0.15, -0.1) is 0 Å². The first-order chi connectivity index (χ1) is 32.1. The second-order valence-electron chi connectivity index (χ2n) is 17.3. The van der Waals surface area contributed by atoms with Crippen LogP contribution in [-0.2, 0) is 44.5 Å². The van der Waals surface area contributed by atoms with E-state index in [0.717, 1.165) is 22.1 Å². The average Bonchev–Trinajstić information content (AvgIpc) is 3.99. The molecule has 8 N–H and O–H groups in total. The predicted octanol–water partition coefficient (Wildman–Crippen LogP) is 3.04. The molecule has 22 heteroatoms. The topological polar surface area (TPSA) is 290 Å². The lowest BCUT2D eigenvalue weighted by molar-refractivity contribution is -0.158. The van der Waals surface area contributed by atoms with E-state index in [1.807, 2.05) is 13.0 Å². The van der Waals surface area contributed by atoms with Gasteiger partial charge in [-0.3, -0.25) is 24.5 Å². The standard InChI is InChI=1S/C46H60ClN7O14/c1-24-11-9-13-35(65-8)46(63)22-34(66-44(62)52-46)25(2)39-45(4,68-39)36(21-37(57)54(6)31-18-27(17-24)19-33(64-7)38(31)47)67-42(60)26(3)53(5)41(59)28-14-15-29(32(56)20-28)51-40(58)30(50-23-55)12-10-16-49-43(48)61/h9,11,13-15,18-20,23,25-26,30,34-36,39,56,63H,10,12,16-17,21-22H2,1-8H3,(H,50,55)(H,51,58)(H,52,62)(H3,48,49,61)/b13-9+,24-11+/t25-,26+,30+,34+,35-,36+,39+,45+,46+/m1/s1. The van der Waals surface area contributed by atoms with E-state index in [1.54, 1.807) is 38.1 Å². The first kappa shape index (κ1) is 52.5. The van der Waals surface area contributed by atoms with Gasteiger partial charge in [0.2, 0.25) is 18.2 Å². The van der Waals surface area contributed by atoms with Gasteiger partial charge in [0.05, 0.1) is 31.0 Å². The number of benzene rings is 2. The number of rotatable bonds is 14. The van der Waals surface area contributed by atoms with Crippen LogP contribution in [0.3, 0.4) is 0 Å². The van der Waals surface area contributed by atoms with Crippen LogP contribution in [0.5, 0.6) is 11.5 Å². The van der Waals surface area contributed by atoms with Gasteiger partial charge in [-0.1, -0.05) is 42.3 Å². The van der Waals surface area contributed by atoms with Gasteiger partial charge in [0.15, 0.2) is 5.72 Å². The zero-order chi connectivity index (χ0) is 50.2. The van der Waals surface area contributed by atoms with E-state index < -0.39 is 102 Å². The van der Waals surface area contributed by atoms with Crippen molar-refractivity contribution in [3.05, 3.63) is 70.3 Å². The van der Waals surface area contributed by atoms with Crippen LogP contribution in [0.1, 0.15) is 69.3 Å². The summed E-state index contributed by atoms with van der Waals surface area (Å²) in [6, 6.07) is 4.10. The smallest absolute Gasteiger partial charge is 0.409 e. The van der Waals surface area contributed by atoms with Crippen LogP contribution in [0.4, 0.5) is 21.0 Å². The zero-order valence-corrected chi connectivity index (χ0v) is 39.9. The number of aromatic hydroxyl groups is 1. The van der Waals surface area contributed by atoms with Gasteiger partial charge in [-0.25, -0.2) is 14.4 Å². The number of allylic oxidation sites excluding steroid dienone is 3. The summed E-state index contributed by atoms with van der Waals surface area (Å²) in [7, 11) is 5.70. The number of anilines is 2. The summed E-state index contributed by atoms with van der Waals surface area (Å²) in [5.74, 6) is -3.67. The van der Waals surface area contributed by atoms with Gasteiger partial charge in [-0.2, -0.15) is 0 Å². The van der Waals surface area contributed by atoms with Crippen LogP contribution in [0.2, 0.25) is 5.02 Å². The summed E-state index contributed by atoms with van der Waals surface area (Å²) in [5, 5.41) is 32.6. The quantitative estimate of drug-likeness (QED) is 0.0471. The number of fused-ring (bicyclic) bond motifs is 5. The number of aliphatic hydroxyl groups is 1. The molecule has 4 bridgehead atoms. The van der Waals surface area contributed by atoms with E-state index in [4.69, 9.17) is 41.0 Å². The highest BCUT2D eigenvalue weighted by molar-refractivity contribution is 6.35. The van der Waals surface area contributed by atoms with Crippen LogP contribution in [0, 0.1) is 5.92 Å². The molecule has 3 heterocycles. The minimum atomic E-state index is -1.90. The number of phenolic OH excluding ortho intramolecular Hbond substituents is 1. The highest BCUT2D eigenvalue weighted by Crippen LogP contribution is 2.49. The molecule has 68 heavy (non-hydrogen) atoms. The molecule has 0 unspecified atom stereocenters. The second-order valence-corrected chi connectivity index (χ2v) is 17.7. The molecule has 9 atom stereocenters. The normalized spacial score (nSPS) is 27.0. The Balaban J connectivity index is 1.40. The first-order valence-corrected chi connectivity index (χ1v) is 22.2. The van der Waals surface area contributed by atoms with Crippen LogP contribution >= 0.6 is 11.6 Å². The average molecular weight is 970 g/mol. The van der Waals surface area contributed by atoms with Gasteiger partial charge in [0.1, 0.15) is 52.5 Å². The van der Waals surface area contributed by atoms with Crippen molar-refractivity contribution in [1.82, 2.24) is 20.9 Å². The first-order valence-electron chi connectivity index (χ1n) is 21.8. The Hall–Kier alpha value is -6.42. The minimum Gasteiger partial charge on any atom is -0.506 e. The van der Waals surface area contributed by atoms with Crippen molar-refractivity contribution in [2.75, 3.05) is 45.1 Å². The highest BCUT2D eigenvalue weighted by atomic mass is 35.5. The summed E-state index contributed by atoms with van der Waals surface area (Å²) in [5.41, 5.74) is 3.60. The summed E-state index contributed by atoms with van der Waals surface area (Å²) >= 11 is 6.79. The van der Waals surface area contributed by atoms with Crippen molar-refractivity contribution >= 4 is 65.2 Å². The van der Waals surface area contributed by atoms with Crippen LogP contribution in [-0.4, -0.2) is 140 Å². The fourth-order valence-corrected chi connectivity index (χ4v) is 8.57. The number of likely N-dealkylation sites (N-methyl/N-ethyl adjacent to an activating group) is 1. The van der Waals surface area contributed by atoms with Gasteiger partial charge >= 0.3 is 18.1 Å². The molecule has 2 aromatic carbocycles. The van der Waals surface area contributed by atoms with Gasteiger partial charge in [-0.05, 0) is 75.9 Å². The van der Waals surface area contributed by atoms with E-state index in [1.165, 1.54) is 52.3 Å². The lowest BCUT2D eigenvalue weighted by Crippen LogP contribution is -2.63. The zero-order valence-electron chi connectivity index (χ0n) is 39.1. The number of carbonyl (C=O) groups is 7. The van der Waals surface area contributed by atoms with Gasteiger partial charge in [0.25, 0.3) is 5.91 Å². The van der Waals surface area contributed by atoms with E-state index in [9.17, 15) is 43.8 Å². The molecule has 2 saturated heterocycles. The number of nitrogens with two attached hydrogens (primary N) is 1. The molecule has 0 aromatic heterocycles. The number of primary amides is 1. The fraction of sp³-hybridized carbons (Fsp3) is 0.500. The lowest BCUT2D eigenvalue weighted by Gasteiger charge is -2.42. The number of halogens is 1. The summed E-state index contributed by atoms with van der Waals surface area (Å²) in [6.45, 7) is 6.83. The number of amides is 7. The third-order valence-electron chi connectivity index (χ3n) is 12.5. The Morgan fingerprint density at radius 3 is 2.54 bits per heavy atom. The number of esters is 1. The number of nitrogens with one attached hydrogen (secondary N) is 4. The Bertz CT molecular complexity index is 2330. The Morgan fingerprint density at radius 2 is 1.90 bits per heavy atom. The van der Waals surface area contributed by atoms with E-state index in [0.29, 0.717) is 30.7 Å². The fourth-order valence-electron chi connectivity index (χ4n) is 8.26. The van der Waals surface area contributed by atoms with Crippen LogP contribution < -0.4 is 36.6 Å². The summed E-state index contributed by atoms with van der Waals surface area (Å²) in [6.07, 6.45) is 0.823. The number of epoxide rings is 1. The van der Waals surface area contributed by atoms with Gasteiger partial charge in [0, 0.05) is 45.7 Å². The number of phenols is 1. The molecule has 5 rings (SSSR count). The Morgan fingerprint density at radius 1 is 1.18 bits per heavy atom. The molecule has 2 fully saturated rings. The Labute approximate surface area is 398 Å². The lowest BCUT2D eigenvalue weighted by atomic mass is 9.83. The maximum Gasteiger partial charge on any atom is 0.409 e. The third kappa shape index (κ3) is 12.2. The highest BCUT2D eigenvalue weighted by Gasteiger charge is 2.64. The minimum absolute atomic E-state index is 0.0688. The van der Waals surface area contributed by atoms with Crippen molar-refractivity contribution in [2.24, 2.45) is 11.7 Å². The predicted molar refractivity (Wildman–Crippen MR) is 247 cm³/mol. The molecule has 3 aliphatic heterocycles. The molecule has 0 saturated carbocycles. The SMILES string of the molecule is COc1cc2cc(c1Cl)N(C)C(=O)C[C@H](OC(=O)[C@H](C)N(C)C(=O)c1ccc(NC(=O)[C@H](CCCNC(N)=O)NC=O)c(O)c1)[C@]1(C)O[C@H]1[C@H](C)[C@@H]1C[C@@](O)(NC(=O)O1)[C@H](OC)/C=C/C=C(\C)C2. The number of ether oxygens (including phenoxy) is 5. The Kier molecular flexibility index (Phi) is 17.1. The van der Waals surface area contributed by atoms with Crippen molar-refractivity contribution < 1.29 is 67.5 Å². The number of urea groups is 1. The molecule has 0 spiro atoms. The number of hydrogen-bond donors (Lipinski definition) is 7. The molecule has 0 radical (unpaired) electrons. The molecule has 3 aliphatic rings. The molecule has 2 aromatic rings. The number of nitrogens with zero attached hydrogens (tertiary/aromatic N) is 2. The van der Waals surface area contributed by atoms with Crippen molar-refractivity contribution in [2.45, 2.75) is 108 Å². The maximum atomic E-state index is 14.3. The van der Waals surface area contributed by atoms with Gasteiger partial charge < -0.3 is 65.4 Å². The van der Waals surface area contributed by atoms with Crippen LogP contribution in [0.25, 0.3) is 0 Å². The third-order valence-corrected chi connectivity index (χ3v) is 12.9. The van der Waals surface area contributed by atoms with Crippen molar-refractivity contribution in [3.8, 4) is 11.5 Å². The monoisotopic (exact) mass is 969 g/mol. The number of alkyl carbamates (subject to hydrolysis) is 1. The van der Waals surface area contributed by atoms with E-state index in [2.05, 4.69) is 21.3 Å². The molecule has 0 aliphatic carbocycles. The number of methoxy groups -OCH3 is 2. The summed E-state index contributed by atoms with van der Waals surface area (Å²) < 4.78 is 29.3. The van der Waals surface area contributed by atoms with E-state index >= 15 is 0 Å². The molecule has 370 valence electrons. The number of carbonyl (C=O) groups excluding carboxylic acids is 7. The second kappa shape index (κ2) is 22.1. The van der Waals surface area contributed by atoms with Crippen molar-refractivity contribution in [3.63, 3.8) is 0 Å². The molecule has 21 nitrogen and oxygen atoms in total.